The lowest BCUT2D eigenvalue weighted by atomic mass is 9.87. The number of nitrogens with one attached hydrogen (secondary N) is 1. The molecule has 0 aromatic heterocycles. The molecular formula is C19H25N3O8. The van der Waals surface area contributed by atoms with E-state index in [0.29, 0.717) is 5.56 Å². The molecule has 0 aliphatic carbocycles. The van der Waals surface area contributed by atoms with E-state index in [0.717, 1.165) is 0 Å². The molecule has 0 aliphatic heterocycles. The van der Waals surface area contributed by atoms with Crippen LogP contribution in [0.1, 0.15) is 44.6 Å². The first-order chi connectivity index (χ1) is 14.2. The molecule has 0 saturated heterocycles. The Balaban J connectivity index is 3.07. The predicted octanol–water partition coefficient (Wildman–Crippen LogP) is 0.945. The molecular weight excluding hydrogens is 398 g/mol. The van der Waals surface area contributed by atoms with E-state index < -0.39 is 40.6 Å². The van der Waals surface area contributed by atoms with Crippen LogP contribution in [0.25, 0.3) is 0 Å². The fourth-order valence-corrected chi connectivity index (χ4v) is 2.74. The fraction of sp³-hybridized carbons (Fsp3) is 0.474. The highest BCUT2D eigenvalue weighted by Crippen LogP contribution is 2.26. The van der Waals surface area contributed by atoms with Gasteiger partial charge in [-0.2, -0.15) is 0 Å². The first-order valence-electron chi connectivity index (χ1n) is 9.33. The van der Waals surface area contributed by atoms with Crippen molar-refractivity contribution in [2.45, 2.75) is 45.1 Å². The number of ether oxygens (including phenoxy) is 2. The zero-order chi connectivity index (χ0) is 22.7. The van der Waals surface area contributed by atoms with Gasteiger partial charge >= 0.3 is 11.9 Å². The maximum Gasteiger partial charge on any atom is 0.306 e. The van der Waals surface area contributed by atoms with Crippen LogP contribution in [0.2, 0.25) is 0 Å². The minimum Gasteiger partial charge on any atom is -0.466 e. The van der Waals surface area contributed by atoms with E-state index in [1.54, 1.807) is 13.8 Å². The van der Waals surface area contributed by atoms with Crippen LogP contribution in [0.4, 0.5) is 5.69 Å². The van der Waals surface area contributed by atoms with Gasteiger partial charge in [0.2, 0.25) is 11.8 Å². The first kappa shape index (κ1) is 24.5. The number of primary amides is 1. The van der Waals surface area contributed by atoms with Crippen LogP contribution in [0.15, 0.2) is 24.3 Å². The maximum absolute atomic E-state index is 12.2. The summed E-state index contributed by atoms with van der Waals surface area (Å²) in [6.45, 7) is 3.53. The summed E-state index contributed by atoms with van der Waals surface area (Å²) in [6.07, 6.45) is -0.725. The number of nitro groups is 1. The SMILES string of the molecule is CCOC(=O)CCC(=O)N[C@@H](C(N)=O)[C@H](CC(=O)OCC)c1ccc([N+](=O)[O-])cc1. The summed E-state index contributed by atoms with van der Waals surface area (Å²) in [4.78, 5) is 58.0. The van der Waals surface area contributed by atoms with Gasteiger partial charge in [-0.15, -0.1) is 0 Å². The highest BCUT2D eigenvalue weighted by molar-refractivity contribution is 5.89. The van der Waals surface area contributed by atoms with Gasteiger partial charge < -0.3 is 20.5 Å². The lowest BCUT2D eigenvalue weighted by Crippen LogP contribution is -2.48. The van der Waals surface area contributed by atoms with Crippen LogP contribution >= 0.6 is 0 Å². The Kier molecular flexibility index (Phi) is 9.93. The van der Waals surface area contributed by atoms with Gasteiger partial charge in [0, 0.05) is 24.5 Å². The van der Waals surface area contributed by atoms with Gasteiger partial charge in [0.05, 0.1) is 31.0 Å². The molecule has 0 heterocycles. The summed E-state index contributed by atoms with van der Waals surface area (Å²) in [7, 11) is 0. The molecule has 11 nitrogen and oxygen atoms in total. The fourth-order valence-electron chi connectivity index (χ4n) is 2.74. The van der Waals surface area contributed by atoms with Gasteiger partial charge in [0.25, 0.3) is 5.69 Å². The van der Waals surface area contributed by atoms with Gasteiger partial charge in [-0.3, -0.25) is 29.3 Å². The molecule has 0 fully saturated rings. The molecule has 1 aromatic rings. The lowest BCUT2D eigenvalue weighted by Gasteiger charge is -2.25. The van der Waals surface area contributed by atoms with Crippen molar-refractivity contribution in [2.75, 3.05) is 13.2 Å². The highest BCUT2D eigenvalue weighted by atomic mass is 16.6. The molecule has 0 spiro atoms. The Morgan fingerprint density at radius 2 is 1.60 bits per heavy atom. The van der Waals surface area contributed by atoms with E-state index in [4.69, 9.17) is 15.2 Å². The van der Waals surface area contributed by atoms with Gasteiger partial charge in [-0.1, -0.05) is 12.1 Å². The monoisotopic (exact) mass is 423 g/mol. The average Bonchev–Trinajstić information content (AvgIpc) is 2.69. The van der Waals surface area contributed by atoms with Crippen molar-refractivity contribution >= 4 is 29.4 Å². The number of carbonyl (C=O) groups excluding carboxylic acids is 4. The smallest absolute Gasteiger partial charge is 0.306 e. The zero-order valence-electron chi connectivity index (χ0n) is 16.8. The van der Waals surface area contributed by atoms with Crippen LogP contribution in [0, 0.1) is 10.1 Å². The first-order valence-corrected chi connectivity index (χ1v) is 9.33. The quantitative estimate of drug-likeness (QED) is 0.284. The second-order valence-corrected chi connectivity index (χ2v) is 6.22. The van der Waals surface area contributed by atoms with Crippen molar-refractivity contribution in [3.63, 3.8) is 0 Å². The number of benzene rings is 1. The van der Waals surface area contributed by atoms with Crippen molar-refractivity contribution in [3.05, 3.63) is 39.9 Å². The molecule has 2 atom stereocenters. The Labute approximate surface area is 173 Å². The van der Waals surface area contributed by atoms with Crippen LogP contribution in [0.5, 0.6) is 0 Å². The molecule has 0 aliphatic rings. The van der Waals surface area contributed by atoms with Gasteiger partial charge in [0.1, 0.15) is 6.04 Å². The molecule has 3 N–H and O–H groups in total. The predicted molar refractivity (Wildman–Crippen MR) is 104 cm³/mol. The molecule has 1 rings (SSSR count). The number of rotatable bonds is 12. The molecule has 0 radical (unpaired) electrons. The minimum absolute atomic E-state index is 0.110. The summed E-state index contributed by atoms with van der Waals surface area (Å²) in [5, 5.41) is 13.3. The van der Waals surface area contributed by atoms with Crippen LogP contribution < -0.4 is 11.1 Å². The van der Waals surface area contributed by atoms with E-state index in [-0.39, 0.29) is 38.2 Å². The molecule has 0 bridgehead atoms. The summed E-state index contributed by atoms with van der Waals surface area (Å²) < 4.78 is 9.67. The minimum atomic E-state index is -1.30. The average molecular weight is 423 g/mol. The second kappa shape index (κ2) is 12.1. The van der Waals surface area contributed by atoms with Gasteiger partial charge in [-0.05, 0) is 19.4 Å². The Morgan fingerprint density at radius 3 is 2.10 bits per heavy atom. The molecule has 2 amide bonds. The molecule has 11 heteroatoms. The standard InChI is InChI=1S/C19H25N3O8/c1-3-29-16(24)10-9-15(23)21-18(19(20)26)14(11-17(25)30-4-2)12-5-7-13(8-6-12)22(27)28/h5-8,14,18H,3-4,9-11H2,1-2H3,(H2,20,26)(H,21,23)/t14-,18-/m1/s1. The molecule has 0 saturated carbocycles. The Morgan fingerprint density at radius 1 is 1.03 bits per heavy atom. The number of nitro benzene ring substituents is 1. The lowest BCUT2D eigenvalue weighted by molar-refractivity contribution is -0.384. The molecule has 30 heavy (non-hydrogen) atoms. The second-order valence-electron chi connectivity index (χ2n) is 6.22. The third kappa shape index (κ3) is 7.86. The van der Waals surface area contributed by atoms with E-state index >= 15 is 0 Å². The van der Waals surface area contributed by atoms with Crippen molar-refractivity contribution < 1.29 is 33.6 Å². The summed E-state index contributed by atoms with van der Waals surface area (Å²) in [5.74, 6) is -3.67. The normalized spacial score (nSPS) is 12.3. The maximum atomic E-state index is 12.2. The van der Waals surface area contributed by atoms with Crippen molar-refractivity contribution in [3.8, 4) is 0 Å². The van der Waals surface area contributed by atoms with Crippen molar-refractivity contribution in [2.24, 2.45) is 5.73 Å². The van der Waals surface area contributed by atoms with Crippen molar-refractivity contribution in [1.29, 1.82) is 0 Å². The van der Waals surface area contributed by atoms with Crippen LogP contribution in [-0.4, -0.2) is 47.9 Å². The zero-order valence-corrected chi connectivity index (χ0v) is 16.8. The summed E-state index contributed by atoms with van der Waals surface area (Å²) >= 11 is 0. The Bertz CT molecular complexity index is 778. The molecule has 164 valence electrons. The highest BCUT2D eigenvalue weighted by Gasteiger charge is 2.32. The van der Waals surface area contributed by atoms with Crippen molar-refractivity contribution in [1.82, 2.24) is 5.32 Å². The number of nitrogens with two attached hydrogens (primary N) is 1. The Hall–Kier alpha value is -3.50. The van der Waals surface area contributed by atoms with E-state index in [9.17, 15) is 29.3 Å². The largest absolute Gasteiger partial charge is 0.466 e. The van der Waals surface area contributed by atoms with Gasteiger partial charge in [-0.25, -0.2) is 0 Å². The number of nitrogens with zero attached hydrogens (tertiary/aromatic N) is 1. The third-order valence-electron chi connectivity index (χ3n) is 4.11. The van der Waals surface area contributed by atoms with Crippen LogP contribution in [-0.2, 0) is 28.7 Å². The van der Waals surface area contributed by atoms with Crippen LogP contribution in [0.3, 0.4) is 0 Å². The molecule has 0 unspecified atom stereocenters. The summed E-state index contributed by atoms with van der Waals surface area (Å²) in [6, 6.07) is 3.89. The number of esters is 2. The number of carbonyl (C=O) groups is 4. The van der Waals surface area contributed by atoms with Gasteiger partial charge in [0.15, 0.2) is 0 Å². The number of non-ortho nitro benzene ring substituents is 1. The summed E-state index contributed by atoms with van der Waals surface area (Å²) in [5.41, 5.74) is 5.65. The van der Waals surface area contributed by atoms with E-state index in [2.05, 4.69) is 5.32 Å². The van der Waals surface area contributed by atoms with E-state index in [1.807, 2.05) is 0 Å². The number of amides is 2. The topological polar surface area (TPSA) is 168 Å². The van der Waals surface area contributed by atoms with E-state index in [1.165, 1.54) is 24.3 Å². The number of hydrogen-bond donors (Lipinski definition) is 2. The molecule has 1 aromatic carbocycles. The third-order valence-corrected chi connectivity index (χ3v) is 4.11. The number of hydrogen-bond acceptors (Lipinski definition) is 8.